The fourth-order valence-corrected chi connectivity index (χ4v) is 6.37. The van der Waals surface area contributed by atoms with Gasteiger partial charge in [-0.05, 0) is 76.5 Å². The maximum atomic E-state index is 12.7. The Balaban J connectivity index is 1.70. The van der Waals surface area contributed by atoms with Crippen LogP contribution in [0.25, 0.3) is 0 Å². The summed E-state index contributed by atoms with van der Waals surface area (Å²) < 4.78 is 16.7. The van der Waals surface area contributed by atoms with E-state index in [1.165, 1.54) is 0 Å². The summed E-state index contributed by atoms with van der Waals surface area (Å²) in [6.45, 7) is 8.35. The average molecular weight is 481 g/mol. The van der Waals surface area contributed by atoms with Gasteiger partial charge in [-0.15, -0.1) is 0 Å². The lowest BCUT2D eigenvalue weighted by molar-refractivity contribution is -0.161. The van der Waals surface area contributed by atoms with Gasteiger partial charge in [-0.3, -0.25) is 14.4 Å². The molecule has 2 saturated carbocycles. The minimum Gasteiger partial charge on any atom is -0.466 e. The second-order valence-electron chi connectivity index (χ2n) is 11.3. The number of esters is 3. The van der Waals surface area contributed by atoms with E-state index < -0.39 is 11.5 Å². The van der Waals surface area contributed by atoms with E-state index >= 15 is 0 Å². The van der Waals surface area contributed by atoms with Crippen LogP contribution in [0.3, 0.4) is 0 Å². The third-order valence-corrected chi connectivity index (χ3v) is 8.54. The molecule has 3 rings (SSSR count). The fourth-order valence-electron chi connectivity index (χ4n) is 6.37. The highest BCUT2D eigenvalue weighted by Gasteiger charge is 2.46. The van der Waals surface area contributed by atoms with Crippen molar-refractivity contribution in [3.63, 3.8) is 0 Å². The van der Waals surface area contributed by atoms with Crippen LogP contribution in [0.4, 0.5) is 0 Å². The molecule has 2 aliphatic carbocycles. The van der Waals surface area contributed by atoms with Crippen LogP contribution in [0.5, 0.6) is 0 Å². The first kappa shape index (κ1) is 27.0. The number of fused-ring (bicyclic) bond motifs is 1. The number of aliphatic hydroxyl groups is 1. The van der Waals surface area contributed by atoms with Crippen molar-refractivity contribution >= 4 is 17.9 Å². The quantitative estimate of drug-likeness (QED) is 0.385. The molecule has 1 N–H and O–H groups in total. The van der Waals surface area contributed by atoms with Crippen LogP contribution >= 0.6 is 0 Å². The molecular weight excluding hydrogens is 436 g/mol. The van der Waals surface area contributed by atoms with Crippen molar-refractivity contribution in [2.45, 2.75) is 104 Å². The van der Waals surface area contributed by atoms with Crippen LogP contribution in [-0.4, -0.2) is 48.4 Å². The molecule has 0 radical (unpaired) electrons. The number of cyclic esters (lactones) is 1. The van der Waals surface area contributed by atoms with Crippen LogP contribution in [0.15, 0.2) is 0 Å². The van der Waals surface area contributed by atoms with Gasteiger partial charge in [-0.25, -0.2) is 0 Å². The molecule has 0 unspecified atom stereocenters. The van der Waals surface area contributed by atoms with Crippen LogP contribution < -0.4 is 0 Å². The Kier molecular flexibility index (Phi) is 9.41. The van der Waals surface area contributed by atoms with Crippen LogP contribution in [0.2, 0.25) is 0 Å². The van der Waals surface area contributed by atoms with Gasteiger partial charge in [-0.2, -0.15) is 0 Å². The molecule has 1 aliphatic heterocycles. The van der Waals surface area contributed by atoms with E-state index in [1.54, 1.807) is 0 Å². The molecule has 7 heteroatoms. The van der Waals surface area contributed by atoms with Crippen molar-refractivity contribution in [3.05, 3.63) is 0 Å². The summed E-state index contributed by atoms with van der Waals surface area (Å²) in [6, 6.07) is 0. The van der Waals surface area contributed by atoms with E-state index in [2.05, 4.69) is 0 Å². The average Bonchev–Trinajstić information content (AvgIpc) is 2.80. The zero-order valence-corrected chi connectivity index (χ0v) is 21.4. The van der Waals surface area contributed by atoms with Gasteiger partial charge in [0.1, 0.15) is 6.10 Å². The Bertz CT molecular complexity index is 718. The summed E-state index contributed by atoms with van der Waals surface area (Å²) in [6.07, 6.45) is 6.94. The number of hydrogen-bond donors (Lipinski definition) is 1. The molecule has 7 atom stereocenters. The topological polar surface area (TPSA) is 99.1 Å². The largest absolute Gasteiger partial charge is 0.466 e. The lowest BCUT2D eigenvalue weighted by Crippen LogP contribution is -2.45. The standard InChI is InChI=1S/C27H44O7/c1-5-27(3,4)26(31)33-16-20-13-19(25(30)32-6-2)12-18-9-7-8-17(24(18)20)10-11-22-14-21(28)15-23(29)34-22/h17-22,24,28H,5-16H2,1-4H3/t17-,18-,19-,20+,21+,22+,24-/m0/s1. The second kappa shape index (κ2) is 11.9. The lowest BCUT2D eigenvalue weighted by atomic mass is 9.58. The van der Waals surface area contributed by atoms with Gasteiger partial charge < -0.3 is 19.3 Å². The summed E-state index contributed by atoms with van der Waals surface area (Å²) >= 11 is 0. The van der Waals surface area contributed by atoms with E-state index in [-0.39, 0.29) is 42.3 Å². The first-order chi connectivity index (χ1) is 16.1. The summed E-state index contributed by atoms with van der Waals surface area (Å²) in [7, 11) is 0. The van der Waals surface area contributed by atoms with Crippen molar-refractivity contribution in [2.75, 3.05) is 13.2 Å². The Hall–Kier alpha value is -1.63. The van der Waals surface area contributed by atoms with Crippen molar-refractivity contribution in [1.82, 2.24) is 0 Å². The van der Waals surface area contributed by atoms with Crippen molar-refractivity contribution in [1.29, 1.82) is 0 Å². The summed E-state index contributed by atoms with van der Waals surface area (Å²) in [5, 5.41) is 9.96. The van der Waals surface area contributed by atoms with Crippen LogP contribution in [0.1, 0.15) is 91.9 Å². The van der Waals surface area contributed by atoms with Crippen molar-refractivity contribution in [3.8, 4) is 0 Å². The zero-order valence-electron chi connectivity index (χ0n) is 21.4. The first-order valence-corrected chi connectivity index (χ1v) is 13.4. The predicted molar refractivity (Wildman–Crippen MR) is 127 cm³/mol. The lowest BCUT2D eigenvalue weighted by Gasteiger charge is -2.48. The molecular formula is C27H44O7. The summed E-state index contributed by atoms with van der Waals surface area (Å²) in [4.78, 5) is 37.1. The highest BCUT2D eigenvalue weighted by molar-refractivity contribution is 5.76. The summed E-state index contributed by atoms with van der Waals surface area (Å²) in [5.41, 5.74) is -0.522. The predicted octanol–water partition coefficient (Wildman–Crippen LogP) is 4.43. The summed E-state index contributed by atoms with van der Waals surface area (Å²) in [5.74, 6) is 0.570. The zero-order chi connectivity index (χ0) is 24.9. The maximum Gasteiger partial charge on any atom is 0.311 e. The Morgan fingerprint density at radius 3 is 2.50 bits per heavy atom. The van der Waals surface area contributed by atoms with Gasteiger partial charge in [-0.1, -0.05) is 26.2 Å². The Labute approximate surface area is 204 Å². The molecule has 0 aromatic carbocycles. The van der Waals surface area contributed by atoms with Crippen molar-refractivity contribution in [2.24, 2.45) is 35.0 Å². The van der Waals surface area contributed by atoms with Gasteiger partial charge in [0.05, 0.1) is 37.1 Å². The van der Waals surface area contributed by atoms with E-state index in [0.29, 0.717) is 50.2 Å². The highest BCUT2D eigenvalue weighted by Crippen LogP contribution is 2.50. The molecule has 0 aromatic rings. The van der Waals surface area contributed by atoms with Crippen molar-refractivity contribution < 1.29 is 33.7 Å². The molecule has 0 bridgehead atoms. The highest BCUT2D eigenvalue weighted by atomic mass is 16.5. The first-order valence-electron chi connectivity index (χ1n) is 13.4. The molecule has 1 saturated heterocycles. The smallest absolute Gasteiger partial charge is 0.311 e. The molecule has 34 heavy (non-hydrogen) atoms. The molecule has 0 amide bonds. The maximum absolute atomic E-state index is 12.7. The van der Waals surface area contributed by atoms with Gasteiger partial charge >= 0.3 is 17.9 Å². The van der Waals surface area contributed by atoms with E-state index in [9.17, 15) is 19.5 Å². The number of carbonyl (C=O) groups excluding carboxylic acids is 3. The monoisotopic (exact) mass is 480 g/mol. The molecule has 0 aromatic heterocycles. The Morgan fingerprint density at radius 1 is 1.06 bits per heavy atom. The molecule has 3 fully saturated rings. The minimum atomic E-state index is -0.612. The number of aliphatic hydroxyl groups excluding tert-OH is 1. The minimum absolute atomic E-state index is 0.0847. The van der Waals surface area contributed by atoms with Crippen LogP contribution in [0, 0.1) is 35.0 Å². The van der Waals surface area contributed by atoms with E-state index in [4.69, 9.17) is 14.2 Å². The number of carbonyl (C=O) groups is 3. The van der Waals surface area contributed by atoms with Gasteiger partial charge in [0.25, 0.3) is 0 Å². The number of rotatable bonds is 9. The van der Waals surface area contributed by atoms with Gasteiger partial charge in [0, 0.05) is 6.42 Å². The fraction of sp³-hybridized carbons (Fsp3) is 0.889. The number of ether oxygens (including phenoxy) is 3. The van der Waals surface area contributed by atoms with E-state index in [1.807, 2.05) is 27.7 Å². The van der Waals surface area contributed by atoms with Crippen LogP contribution in [-0.2, 0) is 28.6 Å². The molecule has 194 valence electrons. The molecule has 7 nitrogen and oxygen atoms in total. The second-order valence-corrected chi connectivity index (χ2v) is 11.3. The van der Waals surface area contributed by atoms with Gasteiger partial charge in [0.15, 0.2) is 0 Å². The van der Waals surface area contributed by atoms with E-state index in [0.717, 1.165) is 38.5 Å². The SMILES string of the molecule is CCOC(=O)[C@H]1C[C@@H]2CCC[C@@H](CC[C@@H]3C[C@@H](O)CC(=O)O3)[C@@H]2[C@@H](COC(=O)C(C)(C)CC)C1. The van der Waals surface area contributed by atoms with Gasteiger partial charge in [0.2, 0.25) is 0 Å². The molecule has 0 spiro atoms. The third kappa shape index (κ3) is 6.73. The third-order valence-electron chi connectivity index (χ3n) is 8.54. The number of hydrogen-bond acceptors (Lipinski definition) is 7. The molecule has 3 aliphatic rings. The normalized spacial score (nSPS) is 34.0. The Morgan fingerprint density at radius 2 is 1.82 bits per heavy atom. The molecule has 1 heterocycles.